The average molecular weight is 362 g/mol. The maximum absolute atomic E-state index is 12.4. The molecule has 2 N–H and O–H groups in total. The number of rotatable bonds is 5. The van der Waals surface area contributed by atoms with Crippen LogP contribution in [0.25, 0.3) is 0 Å². The lowest BCUT2D eigenvalue weighted by Gasteiger charge is -2.18. The van der Waals surface area contributed by atoms with Gasteiger partial charge in [-0.15, -0.1) is 0 Å². The fourth-order valence-corrected chi connectivity index (χ4v) is 2.68. The Morgan fingerprint density at radius 2 is 2.30 bits per heavy atom. The third-order valence-corrected chi connectivity index (χ3v) is 4.19. The number of halogens is 2. The summed E-state index contributed by atoms with van der Waals surface area (Å²) in [5, 5.41) is 6.85. The molecule has 2 atom stereocenters. The highest BCUT2D eigenvalue weighted by Gasteiger charge is 2.33. The van der Waals surface area contributed by atoms with Gasteiger partial charge in [-0.1, -0.05) is 18.5 Å². The fraction of sp³-hybridized carbons (Fsp3) is 0.500. The predicted octanol–water partition coefficient (Wildman–Crippen LogP) is 3.06. The third kappa shape index (κ3) is 3.95. The van der Waals surface area contributed by atoms with Crippen LogP contribution in [0.3, 0.4) is 0 Å². The Kier molecular flexibility index (Phi) is 5.84. The van der Waals surface area contributed by atoms with Gasteiger partial charge < -0.3 is 15.4 Å². The van der Waals surface area contributed by atoms with Gasteiger partial charge in [0.15, 0.2) is 0 Å². The molecule has 1 aliphatic rings. The van der Waals surface area contributed by atoms with E-state index in [0.717, 1.165) is 17.4 Å². The molecule has 6 heteroatoms. The lowest BCUT2D eigenvalue weighted by atomic mass is 10.0. The summed E-state index contributed by atoms with van der Waals surface area (Å²) in [4.78, 5) is 12.4. The highest BCUT2D eigenvalue weighted by molar-refractivity contribution is 9.10. The van der Waals surface area contributed by atoms with Crippen molar-refractivity contribution in [1.29, 1.82) is 0 Å². The van der Waals surface area contributed by atoms with Crippen molar-refractivity contribution in [2.75, 3.05) is 25.1 Å². The number of hydrogen-bond donors (Lipinski definition) is 2. The largest absolute Gasteiger partial charge is 0.379 e. The first-order valence-electron chi connectivity index (χ1n) is 6.69. The number of carbonyl (C=O) groups is 1. The molecule has 2 rings (SSSR count). The number of nitrogens with one attached hydrogen (secondary N) is 2. The lowest BCUT2D eigenvalue weighted by molar-refractivity contribution is -0.120. The number of hydrogen-bond acceptors (Lipinski definition) is 3. The molecule has 1 aliphatic heterocycles. The molecule has 1 saturated heterocycles. The molecule has 0 saturated carbocycles. The number of carbonyl (C=O) groups excluding carboxylic acids is 1. The molecule has 0 radical (unpaired) electrons. The SMILES string of the molecule is CCCNC1COCC1C(=O)Nc1cc(Cl)ccc1Br. The van der Waals surface area contributed by atoms with E-state index in [0.29, 0.717) is 23.9 Å². The van der Waals surface area contributed by atoms with Crippen molar-refractivity contribution in [3.8, 4) is 0 Å². The number of benzene rings is 1. The molecule has 1 aromatic carbocycles. The van der Waals surface area contributed by atoms with Crippen molar-refractivity contribution < 1.29 is 9.53 Å². The molecular weight excluding hydrogens is 344 g/mol. The first-order valence-corrected chi connectivity index (χ1v) is 7.86. The van der Waals surface area contributed by atoms with Crippen LogP contribution in [-0.2, 0) is 9.53 Å². The van der Waals surface area contributed by atoms with Gasteiger partial charge >= 0.3 is 0 Å². The number of amides is 1. The van der Waals surface area contributed by atoms with Gasteiger partial charge in [-0.3, -0.25) is 4.79 Å². The zero-order valence-electron chi connectivity index (χ0n) is 11.3. The zero-order valence-corrected chi connectivity index (χ0v) is 13.6. The van der Waals surface area contributed by atoms with Crippen molar-refractivity contribution in [1.82, 2.24) is 5.32 Å². The van der Waals surface area contributed by atoms with E-state index >= 15 is 0 Å². The molecule has 0 aliphatic carbocycles. The van der Waals surface area contributed by atoms with Gasteiger partial charge in [0.1, 0.15) is 0 Å². The Morgan fingerprint density at radius 1 is 1.50 bits per heavy atom. The number of anilines is 1. The standard InChI is InChI=1S/C14H18BrClN2O2/c1-2-5-17-13-8-20-7-10(13)14(19)18-12-6-9(16)3-4-11(12)15/h3-4,6,10,13,17H,2,5,7-8H2,1H3,(H,18,19). The van der Waals surface area contributed by atoms with Crippen LogP contribution >= 0.6 is 27.5 Å². The Labute approximate surface area is 132 Å². The van der Waals surface area contributed by atoms with E-state index in [1.165, 1.54) is 0 Å². The highest BCUT2D eigenvalue weighted by Crippen LogP contribution is 2.27. The van der Waals surface area contributed by atoms with Gasteiger partial charge in [-0.25, -0.2) is 0 Å². The van der Waals surface area contributed by atoms with E-state index in [4.69, 9.17) is 16.3 Å². The second-order valence-electron chi connectivity index (χ2n) is 4.82. The second kappa shape index (κ2) is 7.41. The molecule has 2 unspecified atom stereocenters. The van der Waals surface area contributed by atoms with Gasteiger partial charge in [0.25, 0.3) is 0 Å². The maximum atomic E-state index is 12.4. The van der Waals surface area contributed by atoms with Crippen molar-refractivity contribution in [3.05, 3.63) is 27.7 Å². The molecule has 4 nitrogen and oxygen atoms in total. The van der Waals surface area contributed by atoms with Crippen LogP contribution in [0.2, 0.25) is 5.02 Å². The van der Waals surface area contributed by atoms with Gasteiger partial charge in [-0.2, -0.15) is 0 Å². The third-order valence-electron chi connectivity index (χ3n) is 3.26. The minimum Gasteiger partial charge on any atom is -0.379 e. The molecule has 0 spiro atoms. The predicted molar refractivity (Wildman–Crippen MR) is 84.2 cm³/mol. The molecule has 1 heterocycles. The van der Waals surface area contributed by atoms with Crippen LogP contribution in [0, 0.1) is 5.92 Å². The van der Waals surface area contributed by atoms with Crippen molar-refractivity contribution in [2.24, 2.45) is 5.92 Å². The number of ether oxygens (including phenoxy) is 1. The Hall–Kier alpha value is -0.620. The molecule has 1 fully saturated rings. The highest BCUT2D eigenvalue weighted by atomic mass is 79.9. The van der Waals surface area contributed by atoms with E-state index in [1.807, 2.05) is 6.07 Å². The van der Waals surface area contributed by atoms with Crippen LogP contribution in [0.4, 0.5) is 5.69 Å². The molecule has 20 heavy (non-hydrogen) atoms. The molecule has 0 aromatic heterocycles. The smallest absolute Gasteiger partial charge is 0.231 e. The van der Waals surface area contributed by atoms with Crippen LogP contribution < -0.4 is 10.6 Å². The van der Waals surface area contributed by atoms with Crippen LogP contribution in [-0.4, -0.2) is 31.7 Å². The topological polar surface area (TPSA) is 50.4 Å². The van der Waals surface area contributed by atoms with Gasteiger partial charge in [-0.05, 0) is 47.1 Å². The summed E-state index contributed by atoms with van der Waals surface area (Å²) >= 11 is 9.35. The van der Waals surface area contributed by atoms with E-state index in [-0.39, 0.29) is 17.9 Å². The van der Waals surface area contributed by atoms with E-state index < -0.39 is 0 Å². The summed E-state index contributed by atoms with van der Waals surface area (Å²) in [6.45, 7) is 4.01. The summed E-state index contributed by atoms with van der Waals surface area (Å²) in [7, 11) is 0. The molecule has 0 bridgehead atoms. The maximum Gasteiger partial charge on any atom is 0.231 e. The summed E-state index contributed by atoms with van der Waals surface area (Å²) in [6, 6.07) is 5.39. The minimum atomic E-state index is -0.174. The molecule has 110 valence electrons. The van der Waals surface area contributed by atoms with E-state index in [2.05, 4.69) is 33.5 Å². The molecule has 1 amide bonds. The summed E-state index contributed by atoms with van der Waals surface area (Å²) in [6.07, 6.45) is 1.03. The van der Waals surface area contributed by atoms with Crippen LogP contribution in [0.1, 0.15) is 13.3 Å². The van der Waals surface area contributed by atoms with E-state index in [9.17, 15) is 4.79 Å². The first kappa shape index (κ1) is 15.8. The van der Waals surface area contributed by atoms with Crippen molar-refractivity contribution in [2.45, 2.75) is 19.4 Å². The quantitative estimate of drug-likeness (QED) is 0.847. The zero-order chi connectivity index (χ0) is 14.5. The van der Waals surface area contributed by atoms with Crippen molar-refractivity contribution >= 4 is 39.1 Å². The average Bonchev–Trinajstić information content (AvgIpc) is 2.89. The minimum absolute atomic E-state index is 0.0425. The summed E-state index contributed by atoms with van der Waals surface area (Å²) in [5.41, 5.74) is 0.684. The summed E-state index contributed by atoms with van der Waals surface area (Å²) < 4.78 is 6.23. The van der Waals surface area contributed by atoms with Gasteiger partial charge in [0.2, 0.25) is 5.91 Å². The Morgan fingerprint density at radius 3 is 3.05 bits per heavy atom. The van der Waals surface area contributed by atoms with Crippen molar-refractivity contribution in [3.63, 3.8) is 0 Å². The normalized spacial score (nSPS) is 21.9. The van der Waals surface area contributed by atoms with Crippen LogP contribution in [0.5, 0.6) is 0 Å². The molecule has 1 aromatic rings. The Balaban J connectivity index is 2.01. The van der Waals surface area contributed by atoms with Gasteiger partial charge in [0.05, 0.1) is 24.8 Å². The lowest BCUT2D eigenvalue weighted by Crippen LogP contribution is -2.41. The second-order valence-corrected chi connectivity index (χ2v) is 6.11. The van der Waals surface area contributed by atoms with Crippen LogP contribution in [0.15, 0.2) is 22.7 Å². The Bertz CT molecular complexity index is 484. The van der Waals surface area contributed by atoms with E-state index in [1.54, 1.807) is 12.1 Å². The monoisotopic (exact) mass is 360 g/mol. The van der Waals surface area contributed by atoms with Gasteiger partial charge in [0, 0.05) is 15.5 Å². The molecular formula is C14H18BrClN2O2. The first-order chi connectivity index (χ1) is 9.61. The summed E-state index contributed by atoms with van der Waals surface area (Å²) in [5.74, 6) is -0.216. The fourth-order valence-electron chi connectivity index (χ4n) is 2.16.